The van der Waals surface area contributed by atoms with Gasteiger partial charge in [-0.25, -0.2) is 0 Å². The SMILES string of the molecule is Oc1ccc(-c2noc(/C=C/c3ccc(Cl)cc3)n2)cc1. The number of aromatic hydroxyl groups is 1. The molecule has 0 aliphatic carbocycles. The third-order valence-electron chi connectivity index (χ3n) is 2.86. The maximum Gasteiger partial charge on any atom is 0.250 e. The lowest BCUT2D eigenvalue weighted by molar-refractivity contribution is 0.411. The molecule has 0 atom stereocenters. The maximum absolute atomic E-state index is 9.25. The zero-order chi connectivity index (χ0) is 14.7. The Hall–Kier alpha value is -2.59. The van der Waals surface area contributed by atoms with Gasteiger partial charge in [0.1, 0.15) is 5.75 Å². The van der Waals surface area contributed by atoms with Gasteiger partial charge >= 0.3 is 0 Å². The summed E-state index contributed by atoms with van der Waals surface area (Å²) in [5.41, 5.74) is 1.77. The van der Waals surface area contributed by atoms with E-state index in [1.54, 1.807) is 30.3 Å². The minimum Gasteiger partial charge on any atom is -0.508 e. The summed E-state index contributed by atoms with van der Waals surface area (Å²) in [5, 5.41) is 13.9. The van der Waals surface area contributed by atoms with Crippen molar-refractivity contribution in [3.8, 4) is 17.1 Å². The fourth-order valence-electron chi connectivity index (χ4n) is 1.77. The van der Waals surface area contributed by atoms with Gasteiger partial charge in [-0.15, -0.1) is 0 Å². The molecule has 3 rings (SSSR count). The monoisotopic (exact) mass is 298 g/mol. The topological polar surface area (TPSA) is 59.2 Å². The fourth-order valence-corrected chi connectivity index (χ4v) is 1.90. The van der Waals surface area contributed by atoms with Crippen LogP contribution in [0, 0.1) is 0 Å². The summed E-state index contributed by atoms with van der Waals surface area (Å²) in [5.74, 6) is 1.09. The van der Waals surface area contributed by atoms with Crippen molar-refractivity contribution in [2.45, 2.75) is 0 Å². The Kier molecular flexibility index (Phi) is 3.71. The molecule has 0 saturated heterocycles. The Morgan fingerprint density at radius 2 is 1.67 bits per heavy atom. The van der Waals surface area contributed by atoms with Gasteiger partial charge in [0.2, 0.25) is 5.82 Å². The highest BCUT2D eigenvalue weighted by atomic mass is 35.5. The van der Waals surface area contributed by atoms with Gasteiger partial charge in [-0.1, -0.05) is 28.9 Å². The Bertz CT molecular complexity index is 762. The molecule has 0 saturated carbocycles. The van der Waals surface area contributed by atoms with E-state index in [9.17, 15) is 5.11 Å². The summed E-state index contributed by atoms with van der Waals surface area (Å²) in [7, 11) is 0. The van der Waals surface area contributed by atoms with Crippen LogP contribution in [0.4, 0.5) is 0 Å². The smallest absolute Gasteiger partial charge is 0.250 e. The van der Waals surface area contributed by atoms with Crippen LogP contribution < -0.4 is 0 Å². The third kappa shape index (κ3) is 3.30. The molecular formula is C16H11ClN2O2. The number of phenols is 1. The van der Waals surface area contributed by atoms with Gasteiger partial charge in [0.15, 0.2) is 0 Å². The second-order valence-corrected chi connectivity index (χ2v) is 4.82. The minimum absolute atomic E-state index is 0.199. The zero-order valence-corrected chi connectivity index (χ0v) is 11.7. The van der Waals surface area contributed by atoms with Crippen LogP contribution in [0.25, 0.3) is 23.5 Å². The van der Waals surface area contributed by atoms with E-state index in [-0.39, 0.29) is 5.75 Å². The van der Waals surface area contributed by atoms with Crippen LogP contribution in [0.1, 0.15) is 11.5 Å². The highest BCUT2D eigenvalue weighted by Crippen LogP contribution is 2.19. The molecule has 0 spiro atoms. The van der Waals surface area contributed by atoms with Crippen molar-refractivity contribution in [2.24, 2.45) is 0 Å². The number of rotatable bonds is 3. The number of hydrogen-bond acceptors (Lipinski definition) is 4. The van der Waals surface area contributed by atoms with Crippen LogP contribution in [0.15, 0.2) is 53.1 Å². The molecule has 0 amide bonds. The molecule has 0 radical (unpaired) electrons. The molecule has 1 aromatic heterocycles. The van der Waals surface area contributed by atoms with Crippen LogP contribution in [-0.4, -0.2) is 15.2 Å². The van der Waals surface area contributed by atoms with Gasteiger partial charge in [-0.2, -0.15) is 4.98 Å². The van der Waals surface area contributed by atoms with Gasteiger partial charge in [0.25, 0.3) is 5.89 Å². The molecular weight excluding hydrogens is 288 g/mol. The molecule has 2 aromatic carbocycles. The molecule has 0 bridgehead atoms. The number of phenolic OH excluding ortho intramolecular Hbond substituents is 1. The molecule has 4 nitrogen and oxygen atoms in total. The Labute approximate surface area is 126 Å². The van der Waals surface area contributed by atoms with Gasteiger partial charge in [-0.3, -0.25) is 0 Å². The van der Waals surface area contributed by atoms with Crippen molar-refractivity contribution >= 4 is 23.8 Å². The predicted octanol–water partition coefficient (Wildman–Crippen LogP) is 4.27. The highest BCUT2D eigenvalue weighted by molar-refractivity contribution is 6.30. The van der Waals surface area contributed by atoms with Crippen molar-refractivity contribution < 1.29 is 9.63 Å². The Balaban J connectivity index is 1.78. The van der Waals surface area contributed by atoms with Crippen LogP contribution >= 0.6 is 11.6 Å². The van der Waals surface area contributed by atoms with E-state index in [2.05, 4.69) is 10.1 Å². The highest BCUT2D eigenvalue weighted by Gasteiger charge is 2.06. The molecule has 3 aromatic rings. The van der Waals surface area contributed by atoms with Crippen LogP contribution in [0.5, 0.6) is 5.75 Å². The largest absolute Gasteiger partial charge is 0.508 e. The number of benzene rings is 2. The maximum atomic E-state index is 9.25. The van der Waals surface area contributed by atoms with E-state index in [1.807, 2.05) is 30.3 Å². The lowest BCUT2D eigenvalue weighted by Gasteiger charge is -1.93. The zero-order valence-electron chi connectivity index (χ0n) is 10.9. The summed E-state index contributed by atoms with van der Waals surface area (Å²) in [4.78, 5) is 4.27. The molecule has 0 aliphatic heterocycles. The normalized spacial score (nSPS) is 11.1. The second kappa shape index (κ2) is 5.81. The van der Waals surface area contributed by atoms with Gasteiger partial charge in [-0.05, 0) is 48.0 Å². The summed E-state index contributed by atoms with van der Waals surface area (Å²) in [6.07, 6.45) is 3.60. The Morgan fingerprint density at radius 3 is 2.38 bits per heavy atom. The van der Waals surface area contributed by atoms with Crippen LogP contribution in [-0.2, 0) is 0 Å². The summed E-state index contributed by atoms with van der Waals surface area (Å²) in [6, 6.07) is 14.0. The van der Waals surface area contributed by atoms with E-state index < -0.39 is 0 Å². The van der Waals surface area contributed by atoms with E-state index in [4.69, 9.17) is 16.1 Å². The molecule has 1 heterocycles. The van der Waals surface area contributed by atoms with Gasteiger partial charge < -0.3 is 9.63 Å². The van der Waals surface area contributed by atoms with Gasteiger partial charge in [0.05, 0.1) is 0 Å². The lowest BCUT2D eigenvalue weighted by atomic mass is 10.2. The molecule has 1 N–H and O–H groups in total. The van der Waals surface area contributed by atoms with Crippen LogP contribution in [0.3, 0.4) is 0 Å². The van der Waals surface area contributed by atoms with Crippen molar-refractivity contribution in [3.05, 3.63) is 65.0 Å². The van der Waals surface area contributed by atoms with Crippen molar-refractivity contribution in [2.75, 3.05) is 0 Å². The number of aromatic nitrogens is 2. The lowest BCUT2D eigenvalue weighted by Crippen LogP contribution is -1.79. The number of nitrogens with zero attached hydrogens (tertiary/aromatic N) is 2. The Morgan fingerprint density at radius 1 is 0.952 bits per heavy atom. The third-order valence-corrected chi connectivity index (χ3v) is 3.11. The first-order valence-electron chi connectivity index (χ1n) is 6.27. The summed E-state index contributed by atoms with van der Waals surface area (Å²) >= 11 is 5.83. The first-order chi connectivity index (χ1) is 10.2. The van der Waals surface area contributed by atoms with Crippen molar-refractivity contribution in [3.63, 3.8) is 0 Å². The average molecular weight is 299 g/mol. The molecule has 0 unspecified atom stereocenters. The van der Waals surface area contributed by atoms with E-state index >= 15 is 0 Å². The summed E-state index contributed by atoms with van der Waals surface area (Å²) < 4.78 is 5.16. The van der Waals surface area contributed by atoms with E-state index in [0.717, 1.165) is 11.1 Å². The minimum atomic E-state index is 0.199. The van der Waals surface area contributed by atoms with E-state index in [1.165, 1.54) is 0 Å². The molecule has 0 fully saturated rings. The van der Waals surface area contributed by atoms with E-state index in [0.29, 0.717) is 16.7 Å². The first-order valence-corrected chi connectivity index (χ1v) is 6.65. The molecule has 104 valence electrons. The predicted molar refractivity (Wildman–Crippen MR) is 81.8 cm³/mol. The van der Waals surface area contributed by atoms with Crippen molar-refractivity contribution in [1.29, 1.82) is 0 Å². The first kappa shape index (κ1) is 13.4. The summed E-state index contributed by atoms with van der Waals surface area (Å²) in [6.45, 7) is 0. The number of hydrogen-bond donors (Lipinski definition) is 1. The standard InChI is InChI=1S/C16H11ClN2O2/c17-13-6-1-11(2-7-13)3-10-15-18-16(19-21-15)12-4-8-14(20)9-5-12/h1-10,20H/b10-3+. The quantitative estimate of drug-likeness (QED) is 0.784. The molecule has 5 heteroatoms. The number of halogens is 1. The second-order valence-electron chi connectivity index (χ2n) is 4.39. The average Bonchev–Trinajstić information content (AvgIpc) is 2.96. The molecule has 0 aliphatic rings. The van der Waals surface area contributed by atoms with Crippen molar-refractivity contribution in [1.82, 2.24) is 10.1 Å². The van der Waals surface area contributed by atoms with Gasteiger partial charge in [0, 0.05) is 16.7 Å². The van der Waals surface area contributed by atoms with Crippen LogP contribution in [0.2, 0.25) is 5.02 Å². The fraction of sp³-hybridized carbons (Fsp3) is 0. The molecule has 21 heavy (non-hydrogen) atoms.